The van der Waals surface area contributed by atoms with Gasteiger partial charge in [0.15, 0.2) is 0 Å². The molecular weight excluding hydrogens is 340 g/mol. The Morgan fingerprint density at radius 3 is 2.63 bits per heavy atom. The Labute approximate surface area is 161 Å². The number of fused-ring (bicyclic) bond motifs is 1. The Morgan fingerprint density at radius 1 is 1.15 bits per heavy atom. The predicted molar refractivity (Wildman–Crippen MR) is 108 cm³/mol. The number of benzene rings is 2. The van der Waals surface area contributed by atoms with Gasteiger partial charge < -0.3 is 19.2 Å². The summed E-state index contributed by atoms with van der Waals surface area (Å²) in [5, 5.41) is 4.45. The summed E-state index contributed by atoms with van der Waals surface area (Å²) in [6.45, 7) is 3.66. The second kappa shape index (κ2) is 8.91. The molecule has 1 aliphatic heterocycles. The molecule has 2 aromatic rings. The molecular formula is C22H28N2O3. The van der Waals surface area contributed by atoms with Crippen molar-refractivity contribution >= 4 is 5.71 Å². The second-order valence-electron chi connectivity index (χ2n) is 7.11. The highest BCUT2D eigenvalue weighted by Gasteiger charge is 2.27. The summed E-state index contributed by atoms with van der Waals surface area (Å²) >= 11 is 0. The second-order valence-corrected chi connectivity index (χ2v) is 7.11. The maximum absolute atomic E-state index is 6.28. The van der Waals surface area contributed by atoms with E-state index in [4.69, 9.17) is 14.3 Å². The van der Waals surface area contributed by atoms with Crippen LogP contribution in [0, 0.1) is 6.92 Å². The first kappa shape index (κ1) is 19.2. The third-order valence-corrected chi connectivity index (χ3v) is 4.60. The SMILES string of the molecule is COc1ccc(C2C/C(=N\OCCCN(C)C)c3ccc(C)cc3O2)cc1. The highest BCUT2D eigenvalue weighted by molar-refractivity contribution is 6.03. The van der Waals surface area contributed by atoms with Gasteiger partial charge in [0, 0.05) is 18.5 Å². The van der Waals surface area contributed by atoms with Crippen molar-refractivity contribution in [3.8, 4) is 11.5 Å². The summed E-state index contributed by atoms with van der Waals surface area (Å²) < 4.78 is 11.5. The van der Waals surface area contributed by atoms with Gasteiger partial charge in [0.05, 0.1) is 12.8 Å². The smallest absolute Gasteiger partial charge is 0.129 e. The molecule has 3 rings (SSSR count). The lowest BCUT2D eigenvalue weighted by Gasteiger charge is -2.27. The van der Waals surface area contributed by atoms with Crippen molar-refractivity contribution in [1.82, 2.24) is 4.90 Å². The monoisotopic (exact) mass is 368 g/mol. The van der Waals surface area contributed by atoms with Crippen molar-refractivity contribution in [3.63, 3.8) is 0 Å². The van der Waals surface area contributed by atoms with E-state index >= 15 is 0 Å². The molecule has 1 atom stereocenters. The van der Waals surface area contributed by atoms with E-state index in [1.807, 2.05) is 24.3 Å². The topological polar surface area (TPSA) is 43.3 Å². The summed E-state index contributed by atoms with van der Waals surface area (Å²) in [5.74, 6) is 1.70. The Balaban J connectivity index is 1.79. The van der Waals surface area contributed by atoms with Crippen LogP contribution in [0.5, 0.6) is 11.5 Å². The molecule has 1 unspecified atom stereocenters. The summed E-state index contributed by atoms with van der Waals surface area (Å²) in [7, 11) is 5.79. The minimum Gasteiger partial charge on any atom is -0.497 e. The van der Waals surface area contributed by atoms with Gasteiger partial charge in [-0.15, -0.1) is 0 Å². The highest BCUT2D eigenvalue weighted by Crippen LogP contribution is 2.36. The first-order valence-corrected chi connectivity index (χ1v) is 9.32. The van der Waals surface area contributed by atoms with Crippen LogP contribution in [-0.4, -0.2) is 45.0 Å². The summed E-state index contributed by atoms with van der Waals surface area (Å²) in [5.41, 5.74) is 4.21. The van der Waals surface area contributed by atoms with Crippen molar-refractivity contribution in [2.75, 3.05) is 34.4 Å². The van der Waals surface area contributed by atoms with Crippen LogP contribution in [0.25, 0.3) is 0 Å². The van der Waals surface area contributed by atoms with E-state index in [0.29, 0.717) is 13.0 Å². The number of oxime groups is 1. The number of methoxy groups -OCH3 is 1. The molecule has 5 heteroatoms. The Bertz CT molecular complexity index is 785. The third kappa shape index (κ3) is 5.01. The van der Waals surface area contributed by atoms with Crippen molar-refractivity contribution in [2.24, 2.45) is 5.16 Å². The van der Waals surface area contributed by atoms with Crippen LogP contribution in [0.15, 0.2) is 47.6 Å². The first-order chi connectivity index (χ1) is 13.1. The lowest BCUT2D eigenvalue weighted by molar-refractivity contribution is 0.131. The fraction of sp³-hybridized carbons (Fsp3) is 0.409. The number of aryl methyl sites for hydroxylation is 1. The molecule has 0 aromatic heterocycles. The molecule has 1 aliphatic rings. The van der Waals surface area contributed by atoms with Crippen LogP contribution in [-0.2, 0) is 4.84 Å². The van der Waals surface area contributed by atoms with Crippen LogP contribution in [0.1, 0.15) is 35.6 Å². The molecule has 2 aromatic carbocycles. The zero-order valence-corrected chi connectivity index (χ0v) is 16.6. The number of rotatable bonds is 7. The van der Waals surface area contributed by atoms with Crippen molar-refractivity contribution < 1.29 is 14.3 Å². The molecule has 0 radical (unpaired) electrons. The fourth-order valence-corrected chi connectivity index (χ4v) is 3.11. The van der Waals surface area contributed by atoms with Crippen molar-refractivity contribution in [2.45, 2.75) is 25.9 Å². The van der Waals surface area contributed by atoms with Gasteiger partial charge in [0.1, 0.15) is 24.2 Å². The zero-order valence-electron chi connectivity index (χ0n) is 16.6. The van der Waals surface area contributed by atoms with Gasteiger partial charge in [-0.3, -0.25) is 0 Å². The van der Waals surface area contributed by atoms with Crippen molar-refractivity contribution in [1.29, 1.82) is 0 Å². The molecule has 0 spiro atoms. The maximum Gasteiger partial charge on any atom is 0.129 e. The van der Waals surface area contributed by atoms with E-state index in [9.17, 15) is 0 Å². The third-order valence-electron chi connectivity index (χ3n) is 4.60. The van der Waals surface area contributed by atoms with Gasteiger partial charge in [-0.2, -0.15) is 0 Å². The van der Waals surface area contributed by atoms with Crippen LogP contribution in [0.2, 0.25) is 0 Å². The van der Waals surface area contributed by atoms with Crippen LogP contribution in [0.3, 0.4) is 0 Å². The van der Waals surface area contributed by atoms with Gasteiger partial charge >= 0.3 is 0 Å². The molecule has 0 fully saturated rings. The molecule has 1 heterocycles. The van der Waals surface area contributed by atoms with E-state index in [2.05, 4.69) is 49.3 Å². The average Bonchev–Trinajstić information content (AvgIpc) is 2.67. The first-order valence-electron chi connectivity index (χ1n) is 9.32. The molecule has 0 aliphatic carbocycles. The Hall–Kier alpha value is -2.53. The Kier molecular flexibility index (Phi) is 6.35. The van der Waals surface area contributed by atoms with E-state index < -0.39 is 0 Å². The maximum atomic E-state index is 6.28. The standard InChI is InChI=1S/C22H28N2O3/c1-16-6-11-19-20(23-26-13-5-12-24(2)3)15-21(27-22(19)14-16)17-7-9-18(25-4)10-8-17/h6-11,14,21H,5,12-13,15H2,1-4H3/b23-20+. The molecule has 5 nitrogen and oxygen atoms in total. The Morgan fingerprint density at radius 2 is 1.93 bits per heavy atom. The summed E-state index contributed by atoms with van der Waals surface area (Å²) in [6.07, 6.45) is 1.54. The average molecular weight is 368 g/mol. The summed E-state index contributed by atoms with van der Waals surface area (Å²) in [4.78, 5) is 7.76. The van der Waals surface area contributed by atoms with Gasteiger partial charge in [-0.05, 0) is 62.8 Å². The molecule has 0 bridgehead atoms. The normalized spacial score (nSPS) is 17.5. The minimum atomic E-state index is -0.0886. The highest BCUT2D eigenvalue weighted by atomic mass is 16.6. The molecule has 0 saturated carbocycles. The van der Waals surface area contributed by atoms with Gasteiger partial charge in [-0.1, -0.05) is 23.4 Å². The molecule has 0 N–H and O–H groups in total. The summed E-state index contributed by atoms with van der Waals surface area (Å²) in [6, 6.07) is 14.2. The van der Waals surface area contributed by atoms with E-state index in [1.54, 1.807) is 7.11 Å². The number of hydrogen-bond donors (Lipinski definition) is 0. The minimum absolute atomic E-state index is 0.0886. The van der Waals surface area contributed by atoms with E-state index in [0.717, 1.165) is 46.9 Å². The van der Waals surface area contributed by atoms with Gasteiger partial charge in [0.25, 0.3) is 0 Å². The van der Waals surface area contributed by atoms with Crippen LogP contribution >= 0.6 is 0 Å². The number of nitrogens with zero attached hydrogens (tertiary/aromatic N) is 2. The lowest BCUT2D eigenvalue weighted by atomic mass is 9.95. The molecule has 144 valence electrons. The largest absolute Gasteiger partial charge is 0.497 e. The van der Waals surface area contributed by atoms with Gasteiger partial charge in [0.2, 0.25) is 0 Å². The zero-order chi connectivity index (χ0) is 19.2. The molecule has 0 saturated heterocycles. The molecule has 0 amide bonds. The number of ether oxygens (including phenoxy) is 2. The van der Waals surface area contributed by atoms with Crippen LogP contribution < -0.4 is 9.47 Å². The number of hydrogen-bond acceptors (Lipinski definition) is 5. The van der Waals surface area contributed by atoms with Crippen molar-refractivity contribution in [3.05, 3.63) is 59.2 Å². The van der Waals surface area contributed by atoms with E-state index in [1.165, 1.54) is 0 Å². The lowest BCUT2D eigenvalue weighted by Crippen LogP contribution is -2.21. The van der Waals surface area contributed by atoms with E-state index in [-0.39, 0.29) is 6.10 Å². The molecule has 27 heavy (non-hydrogen) atoms. The fourth-order valence-electron chi connectivity index (χ4n) is 3.11. The van der Waals surface area contributed by atoms with Gasteiger partial charge in [-0.25, -0.2) is 0 Å². The van der Waals surface area contributed by atoms with Crippen LogP contribution in [0.4, 0.5) is 0 Å². The quantitative estimate of drug-likeness (QED) is 0.543. The predicted octanol–water partition coefficient (Wildman–Crippen LogP) is 4.20.